The normalized spacial score (nSPS) is 20.8. The van der Waals surface area contributed by atoms with Crippen LogP contribution in [0.1, 0.15) is 39.0 Å². The monoisotopic (exact) mass is 352 g/mol. The molecule has 2 heterocycles. The Morgan fingerprint density at radius 3 is 2.42 bits per heavy atom. The van der Waals surface area contributed by atoms with Crippen molar-refractivity contribution in [2.75, 3.05) is 20.8 Å². The molecule has 0 radical (unpaired) electrons. The highest BCUT2D eigenvalue weighted by atomic mass is 16.9. The quantitative estimate of drug-likeness (QED) is 0.797. The van der Waals surface area contributed by atoms with Crippen LogP contribution in [0.4, 0.5) is 0 Å². The molecule has 0 aromatic heterocycles. The van der Waals surface area contributed by atoms with E-state index in [-0.39, 0.29) is 17.9 Å². The van der Waals surface area contributed by atoms with Gasteiger partial charge in [-0.05, 0) is 29.2 Å². The number of carbonyl (C=O) groups excluding carboxylic acids is 2. The Labute approximate surface area is 151 Å². The smallest absolute Gasteiger partial charge is 0.283 e. The topological polar surface area (TPSA) is 59.1 Å². The Morgan fingerprint density at radius 1 is 1.04 bits per heavy atom. The summed E-state index contributed by atoms with van der Waals surface area (Å²) in [6.45, 7) is 0.582. The second kappa shape index (κ2) is 6.55. The molecule has 0 saturated carbocycles. The van der Waals surface area contributed by atoms with E-state index in [1.54, 1.807) is 11.0 Å². The number of nitrogens with zero attached hydrogens (tertiary/aromatic N) is 2. The summed E-state index contributed by atoms with van der Waals surface area (Å²) < 4.78 is 0. The Hall–Kier alpha value is -2.70. The fraction of sp³-hybridized carbons (Fsp3) is 0.300. The van der Waals surface area contributed by atoms with Crippen molar-refractivity contribution in [1.82, 2.24) is 10.1 Å². The van der Waals surface area contributed by atoms with E-state index in [2.05, 4.69) is 6.07 Å². The summed E-state index contributed by atoms with van der Waals surface area (Å²) in [6.07, 6.45) is 0.778. The first kappa shape index (κ1) is 16.8. The molecule has 0 spiro atoms. The van der Waals surface area contributed by atoms with Crippen molar-refractivity contribution in [2.24, 2.45) is 0 Å². The molecule has 2 unspecified atom stereocenters. The fourth-order valence-corrected chi connectivity index (χ4v) is 4.11. The summed E-state index contributed by atoms with van der Waals surface area (Å²) in [4.78, 5) is 38.3. The van der Waals surface area contributed by atoms with Crippen LogP contribution in [0.25, 0.3) is 0 Å². The maximum Gasteiger partial charge on any atom is 0.283 e. The average Bonchev–Trinajstić information content (AvgIpc) is 2.69. The molecule has 2 amide bonds. The molecule has 2 aromatic rings. The molecule has 6 heteroatoms. The number of fused-ring (bicyclic) bond motifs is 4. The van der Waals surface area contributed by atoms with Gasteiger partial charge in [0, 0.05) is 12.1 Å². The molecule has 0 saturated heterocycles. The van der Waals surface area contributed by atoms with Crippen molar-refractivity contribution >= 4 is 11.8 Å². The number of amides is 2. The van der Waals surface area contributed by atoms with Gasteiger partial charge in [0.2, 0.25) is 0 Å². The van der Waals surface area contributed by atoms with E-state index >= 15 is 0 Å². The zero-order chi connectivity index (χ0) is 18.3. The lowest BCUT2D eigenvalue weighted by atomic mass is 9.76. The summed E-state index contributed by atoms with van der Waals surface area (Å²) >= 11 is 0. The van der Waals surface area contributed by atoms with Gasteiger partial charge in [-0.15, -0.1) is 0 Å². The molecular formula is C20H20N2O4. The molecule has 134 valence electrons. The van der Waals surface area contributed by atoms with Crippen LogP contribution >= 0.6 is 0 Å². The van der Waals surface area contributed by atoms with Crippen LogP contribution in [0.15, 0.2) is 48.5 Å². The second-order valence-electron chi connectivity index (χ2n) is 6.42. The van der Waals surface area contributed by atoms with Crippen LogP contribution in [0.3, 0.4) is 0 Å². The van der Waals surface area contributed by atoms with Crippen molar-refractivity contribution in [1.29, 1.82) is 0 Å². The van der Waals surface area contributed by atoms with Gasteiger partial charge in [0.25, 0.3) is 11.8 Å². The molecule has 0 N–H and O–H groups in total. The highest BCUT2D eigenvalue weighted by Gasteiger charge is 2.47. The molecule has 2 aliphatic rings. The van der Waals surface area contributed by atoms with Crippen molar-refractivity contribution in [3.63, 3.8) is 0 Å². The predicted octanol–water partition coefficient (Wildman–Crippen LogP) is 2.47. The van der Waals surface area contributed by atoms with Crippen LogP contribution in [0.5, 0.6) is 0 Å². The SMILES string of the molecule is CON(OC)C(=O)C1c2ccccc2C(=O)N2CCc3ccccc3C12. The first-order valence-corrected chi connectivity index (χ1v) is 8.57. The minimum Gasteiger partial charge on any atom is -0.330 e. The fourth-order valence-electron chi connectivity index (χ4n) is 4.11. The lowest BCUT2D eigenvalue weighted by Crippen LogP contribution is -2.50. The summed E-state index contributed by atoms with van der Waals surface area (Å²) in [7, 11) is 2.77. The maximum atomic E-state index is 13.2. The number of rotatable bonds is 3. The molecule has 0 bridgehead atoms. The number of hydroxylamine groups is 2. The summed E-state index contributed by atoms with van der Waals surface area (Å²) in [5.41, 5.74) is 3.44. The van der Waals surface area contributed by atoms with E-state index in [0.717, 1.165) is 17.2 Å². The van der Waals surface area contributed by atoms with Gasteiger partial charge in [-0.2, -0.15) is 0 Å². The van der Waals surface area contributed by atoms with Gasteiger partial charge in [-0.25, -0.2) is 9.68 Å². The third kappa shape index (κ3) is 2.41. The van der Waals surface area contributed by atoms with Gasteiger partial charge in [0.15, 0.2) is 0 Å². The first-order valence-electron chi connectivity index (χ1n) is 8.57. The van der Waals surface area contributed by atoms with Crippen LogP contribution in [0.2, 0.25) is 0 Å². The minimum atomic E-state index is -0.592. The highest BCUT2D eigenvalue weighted by Crippen LogP contribution is 2.46. The first-order chi connectivity index (χ1) is 12.7. The summed E-state index contributed by atoms with van der Waals surface area (Å²) in [5, 5.41) is 0.882. The third-order valence-electron chi connectivity index (χ3n) is 5.21. The second-order valence-corrected chi connectivity index (χ2v) is 6.42. The lowest BCUT2D eigenvalue weighted by molar-refractivity contribution is -0.319. The molecule has 4 rings (SSSR count). The Bertz CT molecular complexity index is 862. The minimum absolute atomic E-state index is 0.0365. The molecule has 26 heavy (non-hydrogen) atoms. The van der Waals surface area contributed by atoms with Crippen LogP contribution in [-0.4, -0.2) is 42.7 Å². The van der Waals surface area contributed by atoms with Gasteiger partial charge in [-0.3, -0.25) is 9.59 Å². The Kier molecular flexibility index (Phi) is 4.22. The maximum absolute atomic E-state index is 13.2. The number of benzene rings is 2. The molecule has 2 aromatic carbocycles. The van der Waals surface area contributed by atoms with Crippen molar-refractivity contribution < 1.29 is 19.3 Å². The Balaban J connectivity index is 1.92. The van der Waals surface area contributed by atoms with Gasteiger partial charge in [-0.1, -0.05) is 47.7 Å². The van der Waals surface area contributed by atoms with Crippen molar-refractivity contribution in [3.8, 4) is 0 Å². The van der Waals surface area contributed by atoms with E-state index in [1.165, 1.54) is 19.8 Å². The molecular weight excluding hydrogens is 332 g/mol. The largest absolute Gasteiger partial charge is 0.330 e. The molecule has 2 atom stereocenters. The van der Waals surface area contributed by atoms with Gasteiger partial charge < -0.3 is 4.90 Å². The number of hydrogen-bond donors (Lipinski definition) is 0. The summed E-state index contributed by atoms with van der Waals surface area (Å²) in [5.74, 6) is -0.961. The van der Waals surface area contributed by atoms with E-state index in [4.69, 9.17) is 9.68 Å². The zero-order valence-electron chi connectivity index (χ0n) is 14.7. The van der Waals surface area contributed by atoms with Crippen molar-refractivity contribution in [2.45, 2.75) is 18.4 Å². The lowest BCUT2D eigenvalue weighted by Gasteiger charge is -2.45. The molecule has 6 nitrogen and oxygen atoms in total. The number of hydrogen-bond acceptors (Lipinski definition) is 4. The highest BCUT2D eigenvalue weighted by molar-refractivity contribution is 6.01. The van der Waals surface area contributed by atoms with E-state index in [0.29, 0.717) is 17.7 Å². The average molecular weight is 352 g/mol. The predicted molar refractivity (Wildman–Crippen MR) is 94.0 cm³/mol. The zero-order valence-corrected chi connectivity index (χ0v) is 14.7. The van der Waals surface area contributed by atoms with Gasteiger partial charge in [0.05, 0.1) is 26.2 Å². The van der Waals surface area contributed by atoms with E-state index in [9.17, 15) is 9.59 Å². The van der Waals surface area contributed by atoms with E-state index < -0.39 is 5.92 Å². The number of carbonyl (C=O) groups is 2. The van der Waals surface area contributed by atoms with Crippen molar-refractivity contribution in [3.05, 3.63) is 70.8 Å². The van der Waals surface area contributed by atoms with E-state index in [1.807, 2.05) is 36.4 Å². The summed E-state index contributed by atoms with van der Waals surface area (Å²) in [6, 6.07) is 14.9. The standard InChI is InChI=1S/C20H20N2O4/c1-25-22(26-2)20(24)17-15-9-5-6-10-16(15)19(23)21-12-11-13-7-3-4-8-14(13)18(17)21/h3-10,17-18H,11-12H2,1-2H3. The van der Waals surface area contributed by atoms with Crippen LogP contribution < -0.4 is 0 Å². The van der Waals surface area contributed by atoms with Gasteiger partial charge >= 0.3 is 0 Å². The molecule has 0 aliphatic carbocycles. The van der Waals surface area contributed by atoms with Crippen LogP contribution in [-0.2, 0) is 20.9 Å². The molecule has 0 fully saturated rings. The van der Waals surface area contributed by atoms with Gasteiger partial charge in [0.1, 0.15) is 0 Å². The van der Waals surface area contributed by atoms with Crippen LogP contribution in [0, 0.1) is 0 Å². The third-order valence-corrected chi connectivity index (χ3v) is 5.21. The Morgan fingerprint density at radius 2 is 1.69 bits per heavy atom. The molecule has 2 aliphatic heterocycles.